The summed E-state index contributed by atoms with van der Waals surface area (Å²) in [6.45, 7) is 1.91. The molecule has 24 heavy (non-hydrogen) atoms. The third-order valence-electron chi connectivity index (χ3n) is 3.68. The van der Waals surface area contributed by atoms with E-state index in [0.717, 1.165) is 17.6 Å². The monoisotopic (exact) mass is 348 g/mol. The van der Waals surface area contributed by atoms with Crippen molar-refractivity contribution in [3.8, 4) is 11.5 Å². The first-order chi connectivity index (χ1) is 11.3. The van der Waals surface area contributed by atoms with Gasteiger partial charge in [0.1, 0.15) is 11.5 Å². The van der Waals surface area contributed by atoms with Crippen LogP contribution in [-0.4, -0.2) is 27.8 Å². The fraction of sp³-hybridized carbons (Fsp3) is 0.278. The van der Waals surface area contributed by atoms with Crippen LogP contribution in [0, 0.1) is 0 Å². The predicted octanol–water partition coefficient (Wildman–Crippen LogP) is 3.20. The van der Waals surface area contributed by atoms with Gasteiger partial charge in [0.25, 0.3) is 0 Å². The first-order valence-corrected chi connectivity index (χ1v) is 9.40. The standard InChI is InChI=1S/C18H20O5S/c1-4-17(13-5-7-14(22-2)8-6-13)18(19)23-15-9-11-16(12-10-15)24(3,20)21/h5-12,17H,4H2,1-3H3. The van der Waals surface area contributed by atoms with Gasteiger partial charge < -0.3 is 9.47 Å². The summed E-state index contributed by atoms with van der Waals surface area (Å²) >= 11 is 0. The number of carbonyl (C=O) groups is 1. The summed E-state index contributed by atoms with van der Waals surface area (Å²) in [5.74, 6) is 0.262. The fourth-order valence-electron chi connectivity index (χ4n) is 2.32. The van der Waals surface area contributed by atoms with Crippen molar-refractivity contribution >= 4 is 15.8 Å². The van der Waals surface area contributed by atoms with Crippen molar-refractivity contribution < 1.29 is 22.7 Å². The van der Waals surface area contributed by atoms with Gasteiger partial charge in [-0.15, -0.1) is 0 Å². The molecule has 0 heterocycles. The van der Waals surface area contributed by atoms with Gasteiger partial charge in [0.05, 0.1) is 17.9 Å². The topological polar surface area (TPSA) is 69.7 Å². The van der Waals surface area contributed by atoms with E-state index in [9.17, 15) is 13.2 Å². The number of sulfone groups is 1. The average Bonchev–Trinajstić information content (AvgIpc) is 2.56. The van der Waals surface area contributed by atoms with E-state index in [-0.39, 0.29) is 10.9 Å². The Morgan fingerprint density at radius 3 is 2.00 bits per heavy atom. The summed E-state index contributed by atoms with van der Waals surface area (Å²) in [6, 6.07) is 13.1. The van der Waals surface area contributed by atoms with Crippen molar-refractivity contribution in [2.45, 2.75) is 24.2 Å². The minimum absolute atomic E-state index is 0.185. The summed E-state index contributed by atoms with van der Waals surface area (Å²) < 4.78 is 33.4. The van der Waals surface area contributed by atoms with E-state index in [0.29, 0.717) is 12.2 Å². The first-order valence-electron chi connectivity index (χ1n) is 7.51. The van der Waals surface area contributed by atoms with E-state index in [4.69, 9.17) is 9.47 Å². The first kappa shape index (κ1) is 18.0. The van der Waals surface area contributed by atoms with Gasteiger partial charge in [0.15, 0.2) is 9.84 Å². The van der Waals surface area contributed by atoms with Crippen molar-refractivity contribution in [1.82, 2.24) is 0 Å². The largest absolute Gasteiger partial charge is 0.497 e. The quantitative estimate of drug-likeness (QED) is 0.592. The van der Waals surface area contributed by atoms with E-state index in [1.54, 1.807) is 19.2 Å². The zero-order chi connectivity index (χ0) is 17.7. The number of methoxy groups -OCH3 is 1. The number of hydrogen-bond donors (Lipinski definition) is 0. The van der Waals surface area contributed by atoms with Crippen LogP contribution in [0.2, 0.25) is 0 Å². The van der Waals surface area contributed by atoms with Crippen LogP contribution in [-0.2, 0) is 14.6 Å². The highest BCUT2D eigenvalue weighted by atomic mass is 32.2. The second-order valence-electron chi connectivity index (χ2n) is 5.40. The third-order valence-corrected chi connectivity index (χ3v) is 4.81. The van der Waals surface area contributed by atoms with E-state index in [1.165, 1.54) is 24.3 Å². The van der Waals surface area contributed by atoms with Crippen LogP contribution in [0.25, 0.3) is 0 Å². The average molecular weight is 348 g/mol. The number of esters is 1. The molecule has 0 amide bonds. The molecule has 0 aliphatic heterocycles. The van der Waals surface area contributed by atoms with Gasteiger partial charge in [0.2, 0.25) is 0 Å². The molecule has 0 radical (unpaired) electrons. The maximum Gasteiger partial charge on any atom is 0.318 e. The lowest BCUT2D eigenvalue weighted by Crippen LogP contribution is -2.18. The van der Waals surface area contributed by atoms with Crippen LogP contribution in [0.15, 0.2) is 53.4 Å². The number of hydrogen-bond acceptors (Lipinski definition) is 5. The zero-order valence-corrected chi connectivity index (χ0v) is 14.7. The molecule has 1 unspecified atom stereocenters. The molecule has 0 aliphatic rings. The SMILES string of the molecule is CCC(C(=O)Oc1ccc(S(C)(=O)=O)cc1)c1ccc(OC)cc1. The molecule has 0 aliphatic carbocycles. The lowest BCUT2D eigenvalue weighted by atomic mass is 9.96. The summed E-state index contributed by atoms with van der Waals surface area (Å²) in [4.78, 5) is 12.6. The summed E-state index contributed by atoms with van der Waals surface area (Å²) in [7, 11) is -1.69. The Morgan fingerprint density at radius 2 is 1.54 bits per heavy atom. The molecular formula is C18H20O5S. The number of carbonyl (C=O) groups excluding carboxylic acids is 1. The Labute approximate surface area is 142 Å². The second kappa shape index (κ2) is 7.49. The van der Waals surface area contributed by atoms with Crippen LogP contribution < -0.4 is 9.47 Å². The van der Waals surface area contributed by atoms with Crippen LogP contribution in [0.5, 0.6) is 11.5 Å². The van der Waals surface area contributed by atoms with Crippen molar-refractivity contribution in [3.63, 3.8) is 0 Å². The molecule has 2 rings (SSSR count). The van der Waals surface area contributed by atoms with Gasteiger partial charge >= 0.3 is 5.97 Å². The Morgan fingerprint density at radius 1 is 1.00 bits per heavy atom. The van der Waals surface area contributed by atoms with Gasteiger partial charge in [-0.05, 0) is 48.4 Å². The highest BCUT2D eigenvalue weighted by Crippen LogP contribution is 2.25. The van der Waals surface area contributed by atoms with Crippen molar-refractivity contribution in [2.24, 2.45) is 0 Å². The lowest BCUT2D eigenvalue weighted by Gasteiger charge is -2.15. The summed E-state index contributed by atoms with van der Waals surface area (Å²) in [5, 5.41) is 0. The Balaban J connectivity index is 2.14. The molecule has 0 aromatic heterocycles. The predicted molar refractivity (Wildman–Crippen MR) is 91.2 cm³/mol. The molecule has 0 saturated carbocycles. The van der Waals surface area contributed by atoms with Gasteiger partial charge in [-0.1, -0.05) is 19.1 Å². The molecule has 0 bridgehead atoms. The normalized spacial score (nSPS) is 12.5. The molecule has 2 aromatic rings. The van der Waals surface area contributed by atoms with Crippen LogP contribution in [0.1, 0.15) is 24.8 Å². The molecule has 128 valence electrons. The molecule has 0 spiro atoms. The molecule has 0 N–H and O–H groups in total. The molecule has 6 heteroatoms. The van der Waals surface area contributed by atoms with E-state index >= 15 is 0 Å². The van der Waals surface area contributed by atoms with Crippen LogP contribution >= 0.6 is 0 Å². The molecule has 2 aromatic carbocycles. The van der Waals surface area contributed by atoms with Crippen molar-refractivity contribution in [3.05, 3.63) is 54.1 Å². The van der Waals surface area contributed by atoms with E-state index < -0.39 is 15.8 Å². The maximum atomic E-state index is 12.4. The van der Waals surface area contributed by atoms with Crippen molar-refractivity contribution in [2.75, 3.05) is 13.4 Å². The molecule has 1 atom stereocenters. The Kier molecular flexibility index (Phi) is 5.62. The van der Waals surface area contributed by atoms with Gasteiger partial charge in [-0.2, -0.15) is 0 Å². The minimum atomic E-state index is -3.27. The van der Waals surface area contributed by atoms with Gasteiger partial charge in [0, 0.05) is 6.26 Å². The van der Waals surface area contributed by atoms with E-state index in [1.807, 2.05) is 19.1 Å². The third kappa shape index (κ3) is 4.35. The highest BCUT2D eigenvalue weighted by Gasteiger charge is 2.21. The molecule has 5 nitrogen and oxygen atoms in total. The van der Waals surface area contributed by atoms with Crippen LogP contribution in [0.4, 0.5) is 0 Å². The lowest BCUT2D eigenvalue weighted by molar-refractivity contribution is -0.136. The molecular weight excluding hydrogens is 328 g/mol. The number of rotatable bonds is 6. The van der Waals surface area contributed by atoms with Gasteiger partial charge in [-0.25, -0.2) is 8.42 Å². The van der Waals surface area contributed by atoms with Gasteiger partial charge in [-0.3, -0.25) is 4.79 Å². The molecule has 0 saturated heterocycles. The number of benzene rings is 2. The Bertz CT molecular complexity index is 792. The summed E-state index contributed by atoms with van der Waals surface area (Å²) in [6.07, 6.45) is 1.72. The number of ether oxygens (including phenoxy) is 2. The smallest absolute Gasteiger partial charge is 0.318 e. The van der Waals surface area contributed by atoms with Crippen molar-refractivity contribution in [1.29, 1.82) is 0 Å². The minimum Gasteiger partial charge on any atom is -0.497 e. The second-order valence-corrected chi connectivity index (χ2v) is 7.41. The summed E-state index contributed by atoms with van der Waals surface area (Å²) in [5.41, 5.74) is 0.844. The Hall–Kier alpha value is -2.34. The van der Waals surface area contributed by atoms with Crippen LogP contribution in [0.3, 0.4) is 0 Å². The fourth-order valence-corrected chi connectivity index (χ4v) is 2.95. The molecule has 0 fully saturated rings. The maximum absolute atomic E-state index is 12.4. The highest BCUT2D eigenvalue weighted by molar-refractivity contribution is 7.90. The zero-order valence-electron chi connectivity index (χ0n) is 13.9. The van der Waals surface area contributed by atoms with E-state index in [2.05, 4.69) is 0 Å².